The molecule has 0 atom stereocenters. The highest BCUT2D eigenvalue weighted by Crippen LogP contribution is 2.41. The van der Waals surface area contributed by atoms with Crippen LogP contribution in [0.1, 0.15) is 0 Å². The second kappa shape index (κ2) is 3.24. The Bertz CT molecular complexity index is 386. The van der Waals surface area contributed by atoms with Gasteiger partial charge >= 0.3 is 0 Å². The van der Waals surface area contributed by atoms with Crippen molar-refractivity contribution in [2.45, 2.75) is 0 Å². The van der Waals surface area contributed by atoms with Crippen LogP contribution >= 0.6 is 18.7 Å². The zero-order chi connectivity index (χ0) is 10.2. The fourth-order valence-corrected chi connectivity index (χ4v) is 2.41. The Hall–Kier alpha value is -0.660. The Labute approximate surface area is 81.9 Å². The van der Waals surface area contributed by atoms with Gasteiger partial charge in [0.25, 0.3) is 0 Å². The van der Waals surface area contributed by atoms with E-state index < -0.39 is 7.14 Å². The molecule has 0 fully saturated rings. The van der Waals surface area contributed by atoms with Crippen molar-refractivity contribution in [2.75, 3.05) is 19.1 Å². The van der Waals surface area contributed by atoms with Crippen molar-refractivity contribution in [3.05, 3.63) is 17.2 Å². The standard InChI is InChI=1S/C8H11ClNO2P/c1-13(2,12)7-4-5(9)3-6(10)8(7)11/h3-4,11H,10H2,1-2H3. The summed E-state index contributed by atoms with van der Waals surface area (Å²) in [5.74, 6) is -0.127. The van der Waals surface area contributed by atoms with Crippen molar-refractivity contribution in [2.24, 2.45) is 0 Å². The second-order valence-corrected chi connectivity index (χ2v) is 6.83. The first-order valence-corrected chi connectivity index (χ1v) is 6.64. The molecule has 0 radical (unpaired) electrons. The molecular formula is C8H11ClNO2P. The predicted octanol–water partition coefficient (Wildman–Crippen LogP) is 1.88. The molecular weight excluding hydrogens is 209 g/mol. The van der Waals surface area contributed by atoms with Gasteiger partial charge in [-0.3, -0.25) is 0 Å². The third-order valence-corrected chi connectivity index (χ3v) is 3.38. The second-order valence-electron chi connectivity index (χ2n) is 3.21. The summed E-state index contributed by atoms with van der Waals surface area (Å²) in [7, 11) is -2.52. The molecule has 72 valence electrons. The minimum Gasteiger partial charge on any atom is -0.505 e. The van der Waals surface area contributed by atoms with Crippen LogP contribution in [0.25, 0.3) is 0 Å². The molecule has 0 aliphatic rings. The molecule has 0 aliphatic heterocycles. The van der Waals surface area contributed by atoms with E-state index in [2.05, 4.69) is 0 Å². The molecule has 13 heavy (non-hydrogen) atoms. The summed E-state index contributed by atoms with van der Waals surface area (Å²) in [6.45, 7) is 3.11. The molecule has 0 amide bonds. The number of hydrogen-bond donors (Lipinski definition) is 2. The van der Waals surface area contributed by atoms with E-state index in [1.807, 2.05) is 0 Å². The summed E-state index contributed by atoms with van der Waals surface area (Å²) >= 11 is 5.72. The van der Waals surface area contributed by atoms with E-state index in [1.54, 1.807) is 13.3 Å². The number of nitrogen functional groups attached to an aromatic ring is 1. The molecule has 0 aliphatic carbocycles. The molecule has 1 aromatic carbocycles. The number of nitrogens with two attached hydrogens (primary N) is 1. The van der Waals surface area contributed by atoms with Crippen LogP contribution in [0.5, 0.6) is 5.75 Å². The Morgan fingerprint density at radius 3 is 2.46 bits per heavy atom. The SMILES string of the molecule is CP(C)(=O)c1cc(Cl)cc(N)c1O. The van der Waals surface area contributed by atoms with Gasteiger partial charge < -0.3 is 15.4 Å². The van der Waals surface area contributed by atoms with E-state index >= 15 is 0 Å². The topological polar surface area (TPSA) is 63.3 Å². The smallest absolute Gasteiger partial charge is 0.149 e. The summed E-state index contributed by atoms with van der Waals surface area (Å²) in [6, 6.07) is 2.91. The van der Waals surface area contributed by atoms with Crippen LogP contribution in [0, 0.1) is 0 Å². The monoisotopic (exact) mass is 219 g/mol. The summed E-state index contributed by atoms with van der Waals surface area (Å²) < 4.78 is 11.7. The number of phenolic OH excluding ortho intramolecular Hbond substituents is 1. The van der Waals surface area contributed by atoms with Crippen LogP contribution in [0.4, 0.5) is 5.69 Å². The van der Waals surface area contributed by atoms with E-state index in [0.29, 0.717) is 10.3 Å². The van der Waals surface area contributed by atoms with Crippen molar-refractivity contribution in [1.29, 1.82) is 0 Å². The molecule has 0 unspecified atom stereocenters. The Morgan fingerprint density at radius 2 is 2.00 bits per heavy atom. The normalized spacial score (nSPS) is 11.6. The molecule has 1 aromatic rings. The van der Waals surface area contributed by atoms with Crippen molar-refractivity contribution >= 4 is 29.7 Å². The average molecular weight is 220 g/mol. The lowest BCUT2D eigenvalue weighted by Gasteiger charge is -2.11. The zero-order valence-electron chi connectivity index (χ0n) is 7.41. The first-order chi connectivity index (χ1) is 5.82. The van der Waals surface area contributed by atoms with E-state index in [9.17, 15) is 9.67 Å². The first kappa shape index (κ1) is 10.4. The van der Waals surface area contributed by atoms with E-state index in [0.717, 1.165) is 0 Å². The summed E-state index contributed by atoms with van der Waals surface area (Å²) in [5.41, 5.74) is 5.62. The van der Waals surface area contributed by atoms with Gasteiger partial charge in [-0.1, -0.05) is 11.6 Å². The lowest BCUT2D eigenvalue weighted by Crippen LogP contribution is -2.06. The molecule has 3 nitrogen and oxygen atoms in total. The van der Waals surface area contributed by atoms with Crippen LogP contribution in [-0.2, 0) is 4.57 Å². The average Bonchev–Trinajstić information content (AvgIpc) is 1.94. The highest BCUT2D eigenvalue weighted by Gasteiger charge is 2.18. The number of anilines is 1. The Kier molecular flexibility index (Phi) is 2.60. The molecule has 3 N–H and O–H groups in total. The molecule has 0 bridgehead atoms. The predicted molar refractivity (Wildman–Crippen MR) is 56.6 cm³/mol. The minimum atomic E-state index is -2.52. The quantitative estimate of drug-likeness (QED) is 0.431. The van der Waals surface area contributed by atoms with Gasteiger partial charge in [-0.25, -0.2) is 0 Å². The zero-order valence-corrected chi connectivity index (χ0v) is 9.06. The molecule has 5 heteroatoms. The fraction of sp³-hybridized carbons (Fsp3) is 0.250. The van der Waals surface area contributed by atoms with Crippen LogP contribution in [0.2, 0.25) is 5.02 Å². The van der Waals surface area contributed by atoms with Gasteiger partial charge in [0.15, 0.2) is 0 Å². The lowest BCUT2D eigenvalue weighted by atomic mass is 10.3. The first-order valence-electron chi connectivity index (χ1n) is 3.66. The number of aromatic hydroxyl groups is 1. The molecule has 0 aromatic heterocycles. The maximum absolute atomic E-state index is 11.7. The van der Waals surface area contributed by atoms with Crippen molar-refractivity contribution in [3.8, 4) is 5.75 Å². The van der Waals surface area contributed by atoms with Crippen LogP contribution in [0.15, 0.2) is 12.1 Å². The van der Waals surface area contributed by atoms with Gasteiger partial charge in [-0.2, -0.15) is 0 Å². The number of benzene rings is 1. The molecule has 0 saturated heterocycles. The van der Waals surface area contributed by atoms with Crippen molar-refractivity contribution in [1.82, 2.24) is 0 Å². The van der Waals surface area contributed by atoms with Gasteiger partial charge in [0.1, 0.15) is 12.9 Å². The number of phenols is 1. The molecule has 0 spiro atoms. The molecule has 0 saturated carbocycles. The van der Waals surface area contributed by atoms with Crippen molar-refractivity contribution < 1.29 is 9.67 Å². The molecule has 1 rings (SSSR count). The number of hydrogen-bond acceptors (Lipinski definition) is 3. The highest BCUT2D eigenvalue weighted by molar-refractivity contribution is 7.70. The van der Waals surface area contributed by atoms with Crippen LogP contribution in [-0.4, -0.2) is 18.4 Å². The lowest BCUT2D eigenvalue weighted by molar-refractivity contribution is 0.481. The van der Waals surface area contributed by atoms with E-state index in [4.69, 9.17) is 17.3 Å². The van der Waals surface area contributed by atoms with E-state index in [1.165, 1.54) is 12.1 Å². The maximum Gasteiger partial charge on any atom is 0.149 e. The van der Waals surface area contributed by atoms with E-state index in [-0.39, 0.29) is 11.4 Å². The van der Waals surface area contributed by atoms with Gasteiger partial charge in [-0.05, 0) is 25.5 Å². The molecule has 0 heterocycles. The summed E-state index contributed by atoms with van der Waals surface area (Å²) in [6.07, 6.45) is 0. The largest absolute Gasteiger partial charge is 0.505 e. The fourth-order valence-electron chi connectivity index (χ4n) is 1.02. The minimum absolute atomic E-state index is 0.127. The number of halogens is 1. The van der Waals surface area contributed by atoms with Gasteiger partial charge in [0.2, 0.25) is 0 Å². The Morgan fingerprint density at radius 1 is 1.46 bits per heavy atom. The third-order valence-electron chi connectivity index (χ3n) is 1.66. The summed E-state index contributed by atoms with van der Waals surface area (Å²) in [5, 5.41) is 10.2. The number of rotatable bonds is 1. The van der Waals surface area contributed by atoms with Gasteiger partial charge in [0.05, 0.1) is 11.0 Å². The third kappa shape index (κ3) is 2.17. The van der Waals surface area contributed by atoms with Crippen molar-refractivity contribution in [3.63, 3.8) is 0 Å². The maximum atomic E-state index is 11.7. The summed E-state index contributed by atoms with van der Waals surface area (Å²) in [4.78, 5) is 0. The van der Waals surface area contributed by atoms with Gasteiger partial charge in [0, 0.05) is 5.02 Å². The van der Waals surface area contributed by atoms with Crippen LogP contribution in [0.3, 0.4) is 0 Å². The highest BCUT2D eigenvalue weighted by atomic mass is 35.5. The van der Waals surface area contributed by atoms with Gasteiger partial charge in [-0.15, -0.1) is 0 Å². The van der Waals surface area contributed by atoms with Crippen LogP contribution < -0.4 is 11.0 Å². The Balaban J connectivity index is 3.46.